The number of nitrogens with one attached hydrogen (secondary N) is 1. The van der Waals surface area contributed by atoms with Crippen molar-refractivity contribution in [2.45, 2.75) is 13.0 Å². The fourth-order valence-electron chi connectivity index (χ4n) is 2.00. The van der Waals surface area contributed by atoms with Gasteiger partial charge in [-0.05, 0) is 48.9 Å². The van der Waals surface area contributed by atoms with Crippen LogP contribution in [0.3, 0.4) is 0 Å². The molecule has 1 atom stereocenters. The second-order valence-electron chi connectivity index (χ2n) is 5.30. The van der Waals surface area contributed by atoms with E-state index in [1.54, 1.807) is 43.5 Å². The van der Waals surface area contributed by atoms with Gasteiger partial charge in [-0.15, -0.1) is 0 Å². The Morgan fingerprint density at radius 2 is 2.00 bits per heavy atom. The monoisotopic (exact) mass is 421 g/mol. The van der Waals surface area contributed by atoms with E-state index in [4.69, 9.17) is 9.47 Å². The molecule has 0 aliphatic rings. The first kappa shape index (κ1) is 19.7. The average Bonchev–Trinajstić information content (AvgIpc) is 2.62. The number of hydrogen-bond acceptors (Lipinski definition) is 4. The van der Waals surface area contributed by atoms with Gasteiger partial charge in [0, 0.05) is 10.5 Å². The first-order valence-electron chi connectivity index (χ1n) is 7.67. The van der Waals surface area contributed by atoms with Crippen LogP contribution in [0.5, 0.6) is 5.75 Å². The van der Waals surface area contributed by atoms with Gasteiger partial charge in [0.05, 0.1) is 12.8 Å². The molecule has 1 unspecified atom stereocenters. The highest BCUT2D eigenvalue weighted by Gasteiger charge is 2.18. The number of ether oxygens (including phenoxy) is 2. The number of benzene rings is 2. The van der Waals surface area contributed by atoms with Gasteiger partial charge in [0.1, 0.15) is 11.6 Å². The lowest BCUT2D eigenvalue weighted by Gasteiger charge is -2.13. The van der Waals surface area contributed by atoms with E-state index in [9.17, 15) is 14.0 Å². The van der Waals surface area contributed by atoms with Crippen molar-refractivity contribution in [1.29, 1.82) is 0 Å². The maximum absolute atomic E-state index is 13.7. The molecule has 5 nitrogen and oxygen atoms in total. The van der Waals surface area contributed by atoms with Gasteiger partial charge >= 0.3 is 5.97 Å². The predicted octanol–water partition coefficient (Wildman–Crippen LogP) is 4.18. The quantitative estimate of drug-likeness (QED) is 0.561. The van der Waals surface area contributed by atoms with Crippen LogP contribution in [0, 0.1) is 5.82 Å². The van der Waals surface area contributed by atoms with Gasteiger partial charge in [0.25, 0.3) is 5.91 Å². The lowest BCUT2D eigenvalue weighted by atomic mass is 10.2. The lowest BCUT2D eigenvalue weighted by molar-refractivity contribution is -0.148. The second-order valence-corrected chi connectivity index (χ2v) is 6.22. The van der Waals surface area contributed by atoms with Crippen molar-refractivity contribution >= 4 is 39.6 Å². The van der Waals surface area contributed by atoms with Gasteiger partial charge in [-0.2, -0.15) is 0 Å². The van der Waals surface area contributed by atoms with Crippen molar-refractivity contribution in [1.82, 2.24) is 0 Å². The van der Waals surface area contributed by atoms with Gasteiger partial charge in [-0.1, -0.05) is 28.1 Å². The van der Waals surface area contributed by atoms with E-state index in [2.05, 4.69) is 21.2 Å². The van der Waals surface area contributed by atoms with Gasteiger partial charge in [-0.3, -0.25) is 4.79 Å². The molecule has 0 saturated carbocycles. The van der Waals surface area contributed by atoms with Crippen LogP contribution in [0.1, 0.15) is 12.5 Å². The summed E-state index contributed by atoms with van der Waals surface area (Å²) < 4.78 is 24.4. The number of carbonyl (C=O) groups is 2. The molecule has 26 heavy (non-hydrogen) atoms. The number of rotatable bonds is 6. The number of anilines is 1. The smallest absolute Gasteiger partial charge is 0.331 e. The third kappa shape index (κ3) is 5.70. The molecule has 1 N–H and O–H groups in total. The molecule has 0 aliphatic carbocycles. The summed E-state index contributed by atoms with van der Waals surface area (Å²) in [5.74, 6) is -1.25. The molecular formula is C19H17BrFNO4. The van der Waals surface area contributed by atoms with Crippen LogP contribution in [0.4, 0.5) is 10.1 Å². The summed E-state index contributed by atoms with van der Waals surface area (Å²) in [7, 11) is 1.55. The van der Waals surface area contributed by atoms with Crippen molar-refractivity contribution in [3.63, 3.8) is 0 Å². The summed E-state index contributed by atoms with van der Waals surface area (Å²) >= 11 is 3.13. The topological polar surface area (TPSA) is 64.6 Å². The normalized spacial score (nSPS) is 11.8. The van der Waals surface area contributed by atoms with E-state index in [0.717, 1.165) is 5.56 Å². The largest absolute Gasteiger partial charge is 0.497 e. The fourth-order valence-corrected chi connectivity index (χ4v) is 2.33. The number of amides is 1. The molecule has 2 rings (SSSR count). The highest BCUT2D eigenvalue weighted by Crippen LogP contribution is 2.19. The first-order chi connectivity index (χ1) is 12.4. The summed E-state index contributed by atoms with van der Waals surface area (Å²) in [5.41, 5.74) is 0.753. The number of methoxy groups -OCH3 is 1. The van der Waals surface area contributed by atoms with Crippen molar-refractivity contribution in [3.8, 4) is 5.75 Å². The molecule has 0 aromatic heterocycles. The molecule has 0 fully saturated rings. The van der Waals surface area contributed by atoms with E-state index < -0.39 is 23.8 Å². The Morgan fingerprint density at radius 1 is 1.23 bits per heavy atom. The Hall–Kier alpha value is -2.67. The van der Waals surface area contributed by atoms with Crippen LogP contribution < -0.4 is 10.1 Å². The summed E-state index contributed by atoms with van der Waals surface area (Å²) in [6.45, 7) is 1.41. The minimum Gasteiger partial charge on any atom is -0.497 e. The van der Waals surface area contributed by atoms with Crippen LogP contribution >= 0.6 is 15.9 Å². The van der Waals surface area contributed by atoms with Crippen molar-refractivity contribution in [2.24, 2.45) is 0 Å². The van der Waals surface area contributed by atoms with Crippen LogP contribution in [0.25, 0.3) is 6.08 Å². The minimum atomic E-state index is -1.08. The van der Waals surface area contributed by atoms with Crippen LogP contribution in [-0.4, -0.2) is 25.1 Å². The van der Waals surface area contributed by atoms with Crippen molar-refractivity contribution < 1.29 is 23.5 Å². The molecule has 0 heterocycles. The maximum Gasteiger partial charge on any atom is 0.331 e. The molecule has 1 amide bonds. The zero-order chi connectivity index (χ0) is 19.1. The molecular weight excluding hydrogens is 405 g/mol. The van der Waals surface area contributed by atoms with E-state index in [-0.39, 0.29) is 5.69 Å². The minimum absolute atomic E-state index is 0.00743. The molecule has 0 saturated heterocycles. The van der Waals surface area contributed by atoms with Gasteiger partial charge in [0.2, 0.25) is 0 Å². The van der Waals surface area contributed by atoms with Gasteiger partial charge in [-0.25, -0.2) is 9.18 Å². The second kappa shape index (κ2) is 9.15. The number of halogens is 2. The fraction of sp³-hybridized carbons (Fsp3) is 0.158. The van der Waals surface area contributed by atoms with Crippen LogP contribution in [0.15, 0.2) is 53.0 Å². The Balaban J connectivity index is 1.93. The molecule has 2 aromatic rings. The Morgan fingerprint density at radius 3 is 2.69 bits per heavy atom. The first-order valence-corrected chi connectivity index (χ1v) is 8.47. The predicted molar refractivity (Wildman–Crippen MR) is 100 cm³/mol. The molecule has 0 bridgehead atoms. The summed E-state index contributed by atoms with van der Waals surface area (Å²) in [4.78, 5) is 23.9. The van der Waals surface area contributed by atoms with E-state index >= 15 is 0 Å². The van der Waals surface area contributed by atoms with E-state index in [1.165, 1.54) is 25.1 Å². The Kier molecular flexibility index (Phi) is 6.91. The third-order valence-electron chi connectivity index (χ3n) is 3.36. The van der Waals surface area contributed by atoms with E-state index in [0.29, 0.717) is 10.2 Å². The Bertz CT molecular complexity index is 838. The summed E-state index contributed by atoms with van der Waals surface area (Å²) in [6, 6.07) is 11.3. The highest BCUT2D eigenvalue weighted by atomic mass is 79.9. The van der Waals surface area contributed by atoms with Crippen LogP contribution in [-0.2, 0) is 14.3 Å². The standard InChI is InChI=1S/C19H17BrFNO4/c1-12(19(24)22-17-8-7-14(20)11-16(17)21)26-18(23)9-6-13-4-3-5-15(10-13)25-2/h3-12H,1-2H3,(H,22,24)/b9-6+. The van der Waals surface area contributed by atoms with Gasteiger partial charge in [0.15, 0.2) is 6.10 Å². The van der Waals surface area contributed by atoms with Gasteiger partial charge < -0.3 is 14.8 Å². The average molecular weight is 422 g/mol. The molecule has 0 aliphatic heterocycles. The molecule has 2 aromatic carbocycles. The maximum atomic E-state index is 13.7. The highest BCUT2D eigenvalue weighted by molar-refractivity contribution is 9.10. The van der Waals surface area contributed by atoms with Crippen molar-refractivity contribution in [2.75, 3.05) is 12.4 Å². The van der Waals surface area contributed by atoms with E-state index in [1.807, 2.05) is 0 Å². The molecule has 7 heteroatoms. The number of hydrogen-bond donors (Lipinski definition) is 1. The summed E-state index contributed by atoms with van der Waals surface area (Å²) in [6.07, 6.45) is 1.67. The zero-order valence-corrected chi connectivity index (χ0v) is 15.7. The third-order valence-corrected chi connectivity index (χ3v) is 3.85. The zero-order valence-electron chi connectivity index (χ0n) is 14.2. The lowest BCUT2D eigenvalue weighted by Crippen LogP contribution is -2.29. The SMILES string of the molecule is COc1cccc(/C=C/C(=O)OC(C)C(=O)Nc2ccc(Br)cc2F)c1. The molecule has 0 radical (unpaired) electrons. The molecule has 0 spiro atoms. The number of carbonyl (C=O) groups excluding carboxylic acids is 2. The molecule has 136 valence electrons. The number of esters is 1. The Labute approximate surface area is 158 Å². The summed E-state index contributed by atoms with van der Waals surface area (Å²) in [5, 5.41) is 2.38. The van der Waals surface area contributed by atoms with Crippen LogP contribution in [0.2, 0.25) is 0 Å². The van der Waals surface area contributed by atoms with Crippen molar-refractivity contribution in [3.05, 3.63) is 64.4 Å².